The molecule has 1 saturated heterocycles. The van der Waals surface area contributed by atoms with E-state index in [-0.39, 0.29) is 10.8 Å². The molecule has 0 atom stereocenters. The summed E-state index contributed by atoms with van der Waals surface area (Å²) >= 11 is 0. The van der Waals surface area contributed by atoms with Gasteiger partial charge in [0.05, 0.1) is 5.52 Å². The van der Waals surface area contributed by atoms with E-state index in [0.29, 0.717) is 0 Å². The highest BCUT2D eigenvalue weighted by Gasteiger charge is 2.23. The summed E-state index contributed by atoms with van der Waals surface area (Å²) in [7, 11) is 0. The van der Waals surface area contributed by atoms with Gasteiger partial charge in [0.25, 0.3) is 0 Å². The van der Waals surface area contributed by atoms with Gasteiger partial charge in [-0.1, -0.05) is 41.5 Å². The van der Waals surface area contributed by atoms with Crippen LogP contribution in [0.3, 0.4) is 0 Å². The summed E-state index contributed by atoms with van der Waals surface area (Å²) in [5.41, 5.74) is 3.65. The second-order valence-electron chi connectivity index (χ2n) is 9.63. The van der Waals surface area contributed by atoms with Crippen molar-refractivity contribution in [3.05, 3.63) is 35.5 Å². The summed E-state index contributed by atoms with van der Waals surface area (Å²) in [6.07, 6.45) is 2.65. The fourth-order valence-corrected chi connectivity index (χ4v) is 3.60. The number of hydrogen-bond acceptors (Lipinski definition) is 3. The summed E-state index contributed by atoms with van der Waals surface area (Å²) in [6, 6.07) is 8.68. The first-order valence-electron chi connectivity index (χ1n) is 9.95. The van der Waals surface area contributed by atoms with Crippen molar-refractivity contribution in [1.82, 2.24) is 9.88 Å². The average Bonchev–Trinajstić information content (AvgIpc) is 3.05. The lowest BCUT2D eigenvalue weighted by Crippen LogP contribution is -2.25. The number of fused-ring (bicyclic) bond motifs is 1. The molecular weight excluding hydrogens is 320 g/mol. The van der Waals surface area contributed by atoms with Gasteiger partial charge in [-0.2, -0.15) is 0 Å². The van der Waals surface area contributed by atoms with Crippen molar-refractivity contribution in [3.63, 3.8) is 0 Å². The first-order valence-corrected chi connectivity index (χ1v) is 9.95. The number of nitrogens with zero attached hydrogens (tertiary/aromatic N) is 2. The molecule has 0 aliphatic carbocycles. The van der Waals surface area contributed by atoms with Crippen LogP contribution >= 0.6 is 0 Å². The molecule has 1 aliphatic heterocycles. The van der Waals surface area contributed by atoms with Crippen molar-refractivity contribution in [2.45, 2.75) is 65.2 Å². The molecule has 0 spiro atoms. The largest absolute Gasteiger partial charge is 0.492 e. The van der Waals surface area contributed by atoms with Gasteiger partial charge in [-0.25, -0.2) is 0 Å². The van der Waals surface area contributed by atoms with Crippen LogP contribution in [0.15, 0.2) is 24.3 Å². The summed E-state index contributed by atoms with van der Waals surface area (Å²) in [5.74, 6) is 0.926. The summed E-state index contributed by atoms with van der Waals surface area (Å²) in [4.78, 5) is 7.46. The Bertz CT molecular complexity index is 762. The first kappa shape index (κ1) is 19.2. The van der Waals surface area contributed by atoms with Crippen molar-refractivity contribution in [3.8, 4) is 5.75 Å². The van der Waals surface area contributed by atoms with Crippen molar-refractivity contribution in [2.75, 3.05) is 26.2 Å². The Labute approximate surface area is 158 Å². The number of likely N-dealkylation sites (tertiary alicyclic amines) is 1. The minimum atomic E-state index is 0.0286. The van der Waals surface area contributed by atoms with E-state index in [1.807, 2.05) is 0 Å². The van der Waals surface area contributed by atoms with E-state index < -0.39 is 0 Å². The number of benzene rings is 1. The molecular formula is C23H34N2O. The fraction of sp³-hybridized carbons (Fsp3) is 0.609. The van der Waals surface area contributed by atoms with E-state index in [0.717, 1.165) is 30.1 Å². The van der Waals surface area contributed by atoms with Crippen molar-refractivity contribution < 1.29 is 4.74 Å². The quantitative estimate of drug-likeness (QED) is 0.744. The summed E-state index contributed by atoms with van der Waals surface area (Å²) in [6.45, 7) is 17.7. The van der Waals surface area contributed by atoms with Crippen LogP contribution < -0.4 is 4.74 Å². The lowest BCUT2D eigenvalue weighted by molar-refractivity contribution is 0.238. The van der Waals surface area contributed by atoms with E-state index >= 15 is 0 Å². The van der Waals surface area contributed by atoms with Gasteiger partial charge in [-0.05, 0) is 55.1 Å². The minimum Gasteiger partial charge on any atom is -0.492 e. The predicted octanol–water partition coefficient (Wildman–Crippen LogP) is 5.30. The molecule has 0 saturated carbocycles. The molecule has 1 aromatic carbocycles. The average molecular weight is 355 g/mol. The highest BCUT2D eigenvalue weighted by molar-refractivity contribution is 5.85. The first-order chi connectivity index (χ1) is 12.1. The molecule has 142 valence electrons. The van der Waals surface area contributed by atoms with Crippen LogP contribution in [-0.4, -0.2) is 36.1 Å². The zero-order valence-corrected chi connectivity index (χ0v) is 17.4. The molecule has 1 fully saturated rings. The van der Waals surface area contributed by atoms with E-state index in [2.05, 4.69) is 70.7 Å². The zero-order valence-electron chi connectivity index (χ0n) is 17.4. The number of pyridine rings is 1. The Morgan fingerprint density at radius 3 is 2.27 bits per heavy atom. The molecule has 2 heterocycles. The monoisotopic (exact) mass is 354 g/mol. The van der Waals surface area contributed by atoms with Gasteiger partial charge in [-0.15, -0.1) is 0 Å². The lowest BCUT2D eigenvalue weighted by atomic mass is 9.81. The van der Waals surface area contributed by atoms with Gasteiger partial charge < -0.3 is 4.74 Å². The van der Waals surface area contributed by atoms with E-state index in [9.17, 15) is 0 Å². The van der Waals surface area contributed by atoms with Gasteiger partial charge in [0.1, 0.15) is 12.4 Å². The van der Waals surface area contributed by atoms with E-state index in [4.69, 9.17) is 9.72 Å². The Morgan fingerprint density at radius 2 is 1.65 bits per heavy atom. The van der Waals surface area contributed by atoms with Gasteiger partial charge >= 0.3 is 0 Å². The highest BCUT2D eigenvalue weighted by atomic mass is 16.5. The van der Waals surface area contributed by atoms with Crippen LogP contribution in [0, 0.1) is 0 Å². The van der Waals surface area contributed by atoms with Gasteiger partial charge in [0.2, 0.25) is 0 Å². The van der Waals surface area contributed by atoms with E-state index in [1.54, 1.807) is 0 Å². The zero-order chi connectivity index (χ0) is 18.9. The van der Waals surface area contributed by atoms with E-state index in [1.165, 1.54) is 36.9 Å². The maximum atomic E-state index is 6.05. The maximum Gasteiger partial charge on any atom is 0.121 e. The second kappa shape index (κ2) is 7.19. The third-order valence-corrected chi connectivity index (χ3v) is 5.23. The standard InChI is InChI=1S/C23H34N2O/c1-22(2,3)19-16-21(23(4,5)6)24-20-15-17(9-10-18(19)20)26-14-13-25-11-7-8-12-25/h9-10,15-16H,7-8,11-14H2,1-6H3. The maximum absolute atomic E-state index is 6.05. The molecule has 3 heteroatoms. The SMILES string of the molecule is CC(C)(C)c1cc(C(C)(C)C)c2ccc(OCCN3CCCC3)cc2n1. The van der Waals surface area contributed by atoms with Crippen molar-refractivity contribution in [2.24, 2.45) is 0 Å². The molecule has 0 bridgehead atoms. The molecule has 2 aromatic rings. The van der Waals surface area contributed by atoms with Crippen LogP contribution in [0.5, 0.6) is 5.75 Å². The normalized spacial score (nSPS) is 16.4. The lowest BCUT2D eigenvalue weighted by Gasteiger charge is -2.26. The van der Waals surface area contributed by atoms with Crippen LogP contribution in [-0.2, 0) is 10.8 Å². The molecule has 3 rings (SSSR count). The topological polar surface area (TPSA) is 25.4 Å². The smallest absolute Gasteiger partial charge is 0.121 e. The summed E-state index contributed by atoms with van der Waals surface area (Å²) in [5, 5.41) is 1.23. The number of rotatable bonds is 4. The molecule has 1 aromatic heterocycles. The summed E-state index contributed by atoms with van der Waals surface area (Å²) < 4.78 is 6.05. The Hall–Kier alpha value is -1.61. The Balaban J connectivity index is 1.89. The van der Waals surface area contributed by atoms with Gasteiger partial charge in [0.15, 0.2) is 0 Å². The van der Waals surface area contributed by atoms with Crippen LogP contribution in [0.2, 0.25) is 0 Å². The Morgan fingerprint density at radius 1 is 0.962 bits per heavy atom. The molecule has 26 heavy (non-hydrogen) atoms. The predicted molar refractivity (Wildman–Crippen MR) is 110 cm³/mol. The minimum absolute atomic E-state index is 0.0286. The number of hydrogen-bond donors (Lipinski definition) is 0. The van der Waals surface area contributed by atoms with Crippen LogP contribution in [0.25, 0.3) is 10.9 Å². The molecule has 0 N–H and O–H groups in total. The third kappa shape index (κ3) is 4.37. The highest BCUT2D eigenvalue weighted by Crippen LogP contribution is 2.34. The molecule has 1 aliphatic rings. The van der Waals surface area contributed by atoms with Gasteiger partial charge in [0, 0.05) is 29.1 Å². The van der Waals surface area contributed by atoms with Crippen molar-refractivity contribution in [1.29, 1.82) is 0 Å². The molecule has 0 unspecified atom stereocenters. The van der Waals surface area contributed by atoms with Crippen LogP contribution in [0.1, 0.15) is 65.6 Å². The fourth-order valence-electron chi connectivity index (χ4n) is 3.60. The third-order valence-electron chi connectivity index (χ3n) is 5.23. The molecule has 0 amide bonds. The molecule has 0 radical (unpaired) electrons. The van der Waals surface area contributed by atoms with Gasteiger partial charge in [-0.3, -0.25) is 9.88 Å². The Kier molecular flexibility index (Phi) is 5.30. The van der Waals surface area contributed by atoms with Crippen molar-refractivity contribution >= 4 is 10.9 Å². The number of ether oxygens (including phenoxy) is 1. The molecule has 3 nitrogen and oxygen atoms in total. The second-order valence-corrected chi connectivity index (χ2v) is 9.63. The van der Waals surface area contributed by atoms with Crippen LogP contribution in [0.4, 0.5) is 0 Å². The number of aromatic nitrogens is 1.